The van der Waals surface area contributed by atoms with Gasteiger partial charge in [-0.2, -0.15) is 5.26 Å². The lowest BCUT2D eigenvalue weighted by molar-refractivity contribution is 0.544. The van der Waals surface area contributed by atoms with Crippen molar-refractivity contribution in [2.24, 2.45) is 0 Å². The lowest BCUT2D eigenvalue weighted by atomic mass is 10.0. The van der Waals surface area contributed by atoms with Gasteiger partial charge in [-0.3, -0.25) is 0 Å². The second-order valence-corrected chi connectivity index (χ2v) is 6.03. The van der Waals surface area contributed by atoms with Gasteiger partial charge in [-0.15, -0.1) is 0 Å². The summed E-state index contributed by atoms with van der Waals surface area (Å²) >= 11 is 1.51. The summed E-state index contributed by atoms with van der Waals surface area (Å²) in [6.45, 7) is 6.29. The third-order valence-corrected chi connectivity index (χ3v) is 4.06. The first-order valence-electron chi connectivity index (χ1n) is 7.75. The van der Waals surface area contributed by atoms with Crippen LogP contribution in [0, 0.1) is 18.3 Å². The van der Waals surface area contributed by atoms with Crippen LogP contribution < -0.4 is 5.32 Å². The van der Waals surface area contributed by atoms with E-state index in [1.54, 1.807) is 0 Å². The predicted molar refractivity (Wildman–Crippen MR) is 89.7 cm³/mol. The quantitative estimate of drug-likeness (QED) is 0.536. The summed E-state index contributed by atoms with van der Waals surface area (Å²) < 4.78 is 0. The standard InChI is InChI=1S/C16H26N4S/c1-5-7-9-13(10-8-6-2)19-15-14(11-17)12(3)18-16(20-15)21-4/h13H,5-10H2,1-4H3,(H,18,19,20). The lowest BCUT2D eigenvalue weighted by Gasteiger charge is -2.20. The highest BCUT2D eigenvalue weighted by molar-refractivity contribution is 7.98. The summed E-state index contributed by atoms with van der Waals surface area (Å²) in [4.78, 5) is 8.84. The molecule has 0 saturated heterocycles. The van der Waals surface area contributed by atoms with Crippen LogP contribution in [0.4, 0.5) is 5.82 Å². The number of nitrogens with zero attached hydrogens (tertiary/aromatic N) is 3. The number of thioether (sulfide) groups is 1. The van der Waals surface area contributed by atoms with Crippen LogP contribution in [-0.2, 0) is 0 Å². The SMILES string of the molecule is CCCCC(CCCC)Nc1nc(SC)nc(C)c1C#N. The maximum atomic E-state index is 9.35. The molecule has 0 saturated carbocycles. The van der Waals surface area contributed by atoms with Gasteiger partial charge in [-0.1, -0.05) is 51.3 Å². The first-order valence-corrected chi connectivity index (χ1v) is 8.97. The number of aromatic nitrogens is 2. The minimum Gasteiger partial charge on any atom is -0.366 e. The van der Waals surface area contributed by atoms with E-state index in [4.69, 9.17) is 0 Å². The Morgan fingerprint density at radius 3 is 2.29 bits per heavy atom. The molecule has 5 heteroatoms. The van der Waals surface area contributed by atoms with Crippen molar-refractivity contribution in [3.05, 3.63) is 11.3 Å². The highest BCUT2D eigenvalue weighted by Crippen LogP contribution is 2.22. The Bertz CT molecular complexity index is 474. The molecule has 0 amide bonds. The minimum atomic E-state index is 0.390. The Kier molecular flexibility index (Phi) is 8.14. The van der Waals surface area contributed by atoms with Gasteiger partial charge in [0.2, 0.25) is 0 Å². The van der Waals surface area contributed by atoms with Crippen molar-refractivity contribution in [2.75, 3.05) is 11.6 Å². The molecule has 0 bridgehead atoms. The van der Waals surface area contributed by atoms with Gasteiger partial charge in [-0.05, 0) is 26.0 Å². The zero-order chi connectivity index (χ0) is 15.7. The first kappa shape index (κ1) is 17.8. The zero-order valence-corrected chi connectivity index (χ0v) is 14.4. The van der Waals surface area contributed by atoms with Crippen molar-refractivity contribution in [3.63, 3.8) is 0 Å². The van der Waals surface area contributed by atoms with Crippen molar-refractivity contribution < 1.29 is 0 Å². The van der Waals surface area contributed by atoms with Crippen LogP contribution in [0.1, 0.15) is 63.6 Å². The summed E-state index contributed by atoms with van der Waals surface area (Å²) in [6, 6.07) is 2.63. The van der Waals surface area contributed by atoms with Crippen LogP contribution in [0.2, 0.25) is 0 Å². The summed E-state index contributed by atoms with van der Waals surface area (Å²) in [6.07, 6.45) is 8.97. The van der Waals surface area contributed by atoms with E-state index in [1.165, 1.54) is 37.4 Å². The van der Waals surface area contributed by atoms with Gasteiger partial charge in [0, 0.05) is 6.04 Å². The average molecular weight is 306 g/mol. The molecule has 0 unspecified atom stereocenters. The molecule has 0 aromatic carbocycles. The topological polar surface area (TPSA) is 61.6 Å². The van der Waals surface area contributed by atoms with Gasteiger partial charge in [0.25, 0.3) is 0 Å². The van der Waals surface area contributed by atoms with Crippen molar-refractivity contribution in [2.45, 2.75) is 70.5 Å². The summed E-state index contributed by atoms with van der Waals surface area (Å²) in [5.74, 6) is 0.701. The number of hydrogen-bond acceptors (Lipinski definition) is 5. The molecule has 1 aromatic heterocycles. The van der Waals surface area contributed by atoms with E-state index in [9.17, 15) is 5.26 Å². The van der Waals surface area contributed by atoms with E-state index in [0.717, 1.165) is 23.7 Å². The molecular weight excluding hydrogens is 280 g/mol. The Balaban J connectivity index is 2.95. The number of unbranched alkanes of at least 4 members (excludes halogenated alkanes) is 2. The van der Waals surface area contributed by atoms with E-state index >= 15 is 0 Å². The smallest absolute Gasteiger partial charge is 0.189 e. The van der Waals surface area contributed by atoms with Crippen LogP contribution >= 0.6 is 11.8 Å². The molecule has 0 aliphatic carbocycles. The second-order valence-electron chi connectivity index (χ2n) is 5.26. The summed E-state index contributed by atoms with van der Waals surface area (Å²) in [5, 5.41) is 13.6. The number of nitrogens with one attached hydrogen (secondary N) is 1. The van der Waals surface area contributed by atoms with Crippen molar-refractivity contribution in [1.29, 1.82) is 5.26 Å². The summed E-state index contributed by atoms with van der Waals surface area (Å²) in [5.41, 5.74) is 1.33. The van der Waals surface area contributed by atoms with E-state index in [-0.39, 0.29) is 0 Å². The van der Waals surface area contributed by atoms with E-state index in [0.29, 0.717) is 17.4 Å². The molecular formula is C16H26N4S. The number of hydrogen-bond donors (Lipinski definition) is 1. The molecule has 0 atom stereocenters. The minimum absolute atomic E-state index is 0.390. The number of anilines is 1. The van der Waals surface area contributed by atoms with E-state index < -0.39 is 0 Å². The maximum absolute atomic E-state index is 9.35. The largest absolute Gasteiger partial charge is 0.366 e. The Labute approximate surface area is 132 Å². The predicted octanol–water partition coefficient (Wildman–Crippen LogP) is 4.54. The third-order valence-electron chi connectivity index (χ3n) is 3.52. The van der Waals surface area contributed by atoms with Crippen LogP contribution in [0.5, 0.6) is 0 Å². The Hall–Kier alpha value is -1.28. The van der Waals surface area contributed by atoms with Crippen molar-refractivity contribution in [3.8, 4) is 6.07 Å². The lowest BCUT2D eigenvalue weighted by Crippen LogP contribution is -2.21. The monoisotopic (exact) mass is 306 g/mol. The molecule has 1 N–H and O–H groups in total. The zero-order valence-electron chi connectivity index (χ0n) is 13.6. The van der Waals surface area contributed by atoms with Gasteiger partial charge >= 0.3 is 0 Å². The molecule has 1 heterocycles. The van der Waals surface area contributed by atoms with E-state index in [2.05, 4.69) is 35.2 Å². The van der Waals surface area contributed by atoms with Crippen LogP contribution in [0.3, 0.4) is 0 Å². The highest BCUT2D eigenvalue weighted by atomic mass is 32.2. The molecule has 0 aliphatic rings. The Morgan fingerprint density at radius 2 is 1.81 bits per heavy atom. The van der Waals surface area contributed by atoms with Gasteiger partial charge < -0.3 is 5.32 Å². The average Bonchev–Trinajstić information content (AvgIpc) is 2.49. The van der Waals surface area contributed by atoms with Crippen LogP contribution in [0.25, 0.3) is 0 Å². The third kappa shape index (κ3) is 5.55. The fraction of sp³-hybridized carbons (Fsp3) is 0.688. The number of aryl methyl sites for hydroxylation is 1. The number of rotatable bonds is 9. The van der Waals surface area contributed by atoms with Gasteiger partial charge in [-0.25, -0.2) is 9.97 Å². The number of nitriles is 1. The van der Waals surface area contributed by atoms with Crippen molar-refractivity contribution in [1.82, 2.24) is 9.97 Å². The molecule has 4 nitrogen and oxygen atoms in total. The fourth-order valence-corrected chi connectivity index (χ4v) is 2.67. The molecule has 0 aliphatic heterocycles. The molecule has 21 heavy (non-hydrogen) atoms. The Morgan fingerprint density at radius 1 is 1.19 bits per heavy atom. The van der Waals surface area contributed by atoms with E-state index in [1.807, 2.05) is 13.2 Å². The fourth-order valence-electron chi connectivity index (χ4n) is 2.26. The summed E-state index contributed by atoms with van der Waals surface area (Å²) in [7, 11) is 0. The molecule has 1 rings (SSSR count). The second kappa shape index (κ2) is 9.62. The maximum Gasteiger partial charge on any atom is 0.189 e. The van der Waals surface area contributed by atoms with Gasteiger partial charge in [0.1, 0.15) is 17.5 Å². The molecule has 116 valence electrons. The van der Waals surface area contributed by atoms with Gasteiger partial charge in [0.15, 0.2) is 5.16 Å². The van der Waals surface area contributed by atoms with Gasteiger partial charge in [0.05, 0.1) is 5.69 Å². The van der Waals surface area contributed by atoms with Crippen molar-refractivity contribution >= 4 is 17.6 Å². The first-order chi connectivity index (χ1) is 10.2. The molecule has 0 spiro atoms. The van der Waals surface area contributed by atoms with Crippen LogP contribution in [0.15, 0.2) is 5.16 Å². The molecule has 1 aromatic rings. The highest BCUT2D eigenvalue weighted by Gasteiger charge is 2.15. The molecule has 0 radical (unpaired) electrons. The molecule has 0 fully saturated rings. The van der Waals surface area contributed by atoms with Crippen LogP contribution in [-0.4, -0.2) is 22.3 Å². The normalized spacial score (nSPS) is 10.7.